The van der Waals surface area contributed by atoms with Gasteiger partial charge in [0.2, 0.25) is 0 Å². The second kappa shape index (κ2) is 15.2. The monoisotopic (exact) mass is 537 g/mol. The smallest absolute Gasteiger partial charge is 0.407 e. The van der Waals surface area contributed by atoms with Crippen LogP contribution in [0.3, 0.4) is 0 Å². The van der Waals surface area contributed by atoms with Gasteiger partial charge in [-0.1, -0.05) is 5.92 Å². The molecule has 1 heterocycles. The molecule has 10 nitrogen and oxygen atoms in total. The predicted molar refractivity (Wildman–Crippen MR) is 144 cm³/mol. The number of aliphatic hydroxyl groups excluding tert-OH is 1. The average Bonchev–Trinajstić information content (AvgIpc) is 3.33. The molecular weight excluding hydrogens is 502 g/mol. The number of alkyl carbamates (subject to hydrolysis) is 1. The lowest BCUT2D eigenvalue weighted by atomic mass is 10.1. The molecule has 0 unspecified atom stereocenters. The molecule has 4 N–H and O–H groups in total. The van der Waals surface area contributed by atoms with Crippen molar-refractivity contribution >= 4 is 18.0 Å². The molecule has 2 aromatic rings. The molecule has 208 valence electrons. The largest absolute Gasteiger partial charge is 0.467 e. The second-order valence-electron chi connectivity index (χ2n) is 9.52. The van der Waals surface area contributed by atoms with Crippen molar-refractivity contribution in [2.24, 2.45) is 0 Å². The molecule has 0 aliphatic carbocycles. The highest BCUT2D eigenvalue weighted by Crippen LogP contribution is 2.08. The van der Waals surface area contributed by atoms with Crippen LogP contribution in [0.5, 0.6) is 0 Å². The molecule has 0 saturated carbocycles. The SMILES string of the molecule is COC(=O)[C@@H](NC(=O)c1ccc(C#CC#Cc2ccc(CNCCCNC(=O)OC(C)(C)C)o2)cc1)[C@@H](C)O. The van der Waals surface area contributed by atoms with Crippen molar-refractivity contribution < 1.29 is 33.4 Å². The number of rotatable bonds is 10. The number of carbonyl (C=O) groups is 3. The summed E-state index contributed by atoms with van der Waals surface area (Å²) in [7, 11) is 1.18. The van der Waals surface area contributed by atoms with Gasteiger partial charge in [-0.2, -0.15) is 0 Å². The number of ether oxygens (including phenoxy) is 2. The maximum atomic E-state index is 12.4. The molecule has 0 fully saturated rings. The lowest BCUT2D eigenvalue weighted by Crippen LogP contribution is -2.48. The molecule has 0 bridgehead atoms. The number of methoxy groups -OCH3 is 1. The molecule has 0 radical (unpaired) electrons. The van der Waals surface area contributed by atoms with E-state index >= 15 is 0 Å². The number of amides is 2. The molecule has 1 aromatic carbocycles. The van der Waals surface area contributed by atoms with Crippen molar-refractivity contribution in [2.45, 2.75) is 58.4 Å². The third-order valence-electron chi connectivity index (χ3n) is 4.99. The van der Waals surface area contributed by atoms with E-state index in [2.05, 4.69) is 44.4 Å². The fourth-order valence-corrected chi connectivity index (χ4v) is 3.10. The number of aliphatic hydroxyl groups is 1. The van der Waals surface area contributed by atoms with Crippen LogP contribution >= 0.6 is 0 Å². The molecule has 2 rings (SSSR count). The Bertz CT molecular complexity index is 1240. The van der Waals surface area contributed by atoms with Gasteiger partial charge >= 0.3 is 12.1 Å². The zero-order valence-electron chi connectivity index (χ0n) is 22.8. The molecule has 0 aliphatic heterocycles. The first-order valence-electron chi connectivity index (χ1n) is 12.4. The standard InChI is InChI=1S/C29H35N3O7/c1-20(33)25(27(35)37-5)32-26(34)22-13-11-21(12-14-22)9-6-7-10-23-15-16-24(38-23)19-30-17-8-18-31-28(36)39-29(2,3)4/h11-16,20,25,30,33H,8,17-19H2,1-5H3,(H,31,36)(H,32,34)/t20-,25+/m1/s1. The molecule has 0 saturated heterocycles. The summed E-state index contributed by atoms with van der Waals surface area (Å²) in [5.41, 5.74) is 0.433. The van der Waals surface area contributed by atoms with Gasteiger partial charge in [0.15, 0.2) is 11.8 Å². The van der Waals surface area contributed by atoms with Crippen molar-refractivity contribution in [1.82, 2.24) is 16.0 Å². The summed E-state index contributed by atoms with van der Waals surface area (Å²) in [6.07, 6.45) is -0.793. The minimum atomic E-state index is -1.16. The highest BCUT2D eigenvalue weighted by atomic mass is 16.6. The van der Waals surface area contributed by atoms with E-state index in [0.717, 1.165) is 12.2 Å². The van der Waals surface area contributed by atoms with E-state index in [0.29, 0.717) is 36.5 Å². The quantitative estimate of drug-likeness (QED) is 0.206. The van der Waals surface area contributed by atoms with Crippen molar-refractivity contribution in [3.63, 3.8) is 0 Å². The van der Waals surface area contributed by atoms with Crippen LogP contribution in [0.1, 0.15) is 61.6 Å². The lowest BCUT2D eigenvalue weighted by molar-refractivity contribution is -0.145. The number of hydrogen-bond donors (Lipinski definition) is 4. The van der Waals surface area contributed by atoms with Gasteiger partial charge in [-0.3, -0.25) is 4.79 Å². The van der Waals surface area contributed by atoms with Crippen LogP contribution in [-0.4, -0.2) is 61.0 Å². The summed E-state index contributed by atoms with van der Waals surface area (Å²) in [5, 5.41) is 18.1. The summed E-state index contributed by atoms with van der Waals surface area (Å²) in [6.45, 7) is 8.56. The highest BCUT2D eigenvalue weighted by molar-refractivity contribution is 5.97. The Kier molecular flexibility index (Phi) is 12.1. The number of esters is 1. The van der Waals surface area contributed by atoms with Crippen LogP contribution in [0.2, 0.25) is 0 Å². The van der Waals surface area contributed by atoms with Gasteiger partial charge in [0.05, 0.1) is 19.8 Å². The van der Waals surface area contributed by atoms with E-state index < -0.39 is 35.7 Å². The van der Waals surface area contributed by atoms with Crippen molar-refractivity contribution in [1.29, 1.82) is 0 Å². The molecule has 0 spiro atoms. The Morgan fingerprint density at radius 2 is 1.72 bits per heavy atom. The molecule has 2 atom stereocenters. The first-order chi connectivity index (χ1) is 18.5. The van der Waals surface area contributed by atoms with Gasteiger partial charge in [0, 0.05) is 17.7 Å². The fraction of sp³-hybridized carbons (Fsp3) is 0.414. The highest BCUT2D eigenvalue weighted by Gasteiger charge is 2.26. The Morgan fingerprint density at radius 1 is 1.03 bits per heavy atom. The first kappa shape index (κ1) is 31.0. The summed E-state index contributed by atoms with van der Waals surface area (Å²) in [6, 6.07) is 8.85. The van der Waals surface area contributed by atoms with E-state index in [9.17, 15) is 19.5 Å². The van der Waals surface area contributed by atoms with Crippen molar-refractivity contribution in [3.05, 3.63) is 59.0 Å². The summed E-state index contributed by atoms with van der Waals surface area (Å²) in [5.74, 6) is 11.2. The maximum Gasteiger partial charge on any atom is 0.407 e. The minimum Gasteiger partial charge on any atom is -0.467 e. The van der Waals surface area contributed by atoms with Gasteiger partial charge in [0.25, 0.3) is 5.91 Å². The predicted octanol–water partition coefficient (Wildman–Crippen LogP) is 2.34. The van der Waals surface area contributed by atoms with Crippen molar-refractivity contribution in [3.8, 4) is 23.7 Å². The van der Waals surface area contributed by atoms with Gasteiger partial charge in [-0.25, -0.2) is 9.59 Å². The van der Waals surface area contributed by atoms with Crippen LogP contribution in [0.4, 0.5) is 4.79 Å². The fourth-order valence-electron chi connectivity index (χ4n) is 3.10. The Labute approximate surface area is 228 Å². The van der Waals surface area contributed by atoms with E-state index in [-0.39, 0.29) is 0 Å². The Morgan fingerprint density at radius 3 is 2.36 bits per heavy atom. The number of carbonyl (C=O) groups excluding carboxylic acids is 3. The zero-order valence-corrected chi connectivity index (χ0v) is 22.8. The van der Waals surface area contributed by atoms with Crippen LogP contribution < -0.4 is 16.0 Å². The van der Waals surface area contributed by atoms with Crippen LogP contribution in [-0.2, 0) is 20.8 Å². The maximum absolute atomic E-state index is 12.4. The molecular formula is C29H35N3O7. The zero-order chi connectivity index (χ0) is 28.8. The lowest BCUT2D eigenvalue weighted by Gasteiger charge is -2.19. The number of benzene rings is 1. The van der Waals surface area contributed by atoms with Gasteiger partial charge in [0.1, 0.15) is 11.4 Å². The minimum absolute atomic E-state index is 0.303. The second-order valence-corrected chi connectivity index (χ2v) is 9.52. The topological polar surface area (TPSA) is 139 Å². The summed E-state index contributed by atoms with van der Waals surface area (Å²) >= 11 is 0. The van der Waals surface area contributed by atoms with E-state index in [1.54, 1.807) is 30.3 Å². The number of hydrogen-bond acceptors (Lipinski definition) is 8. The van der Waals surface area contributed by atoms with Gasteiger partial charge in [-0.15, -0.1) is 0 Å². The number of nitrogens with one attached hydrogen (secondary N) is 3. The van der Waals surface area contributed by atoms with Gasteiger partial charge < -0.3 is 34.9 Å². The van der Waals surface area contributed by atoms with E-state index in [4.69, 9.17) is 9.15 Å². The summed E-state index contributed by atoms with van der Waals surface area (Å²) in [4.78, 5) is 35.7. The molecule has 1 aromatic heterocycles. The third kappa shape index (κ3) is 11.8. The van der Waals surface area contributed by atoms with E-state index in [1.807, 2.05) is 26.8 Å². The molecule has 2 amide bonds. The van der Waals surface area contributed by atoms with Crippen LogP contribution in [0.25, 0.3) is 0 Å². The Hall–Kier alpha value is -4.25. The van der Waals surface area contributed by atoms with Crippen LogP contribution in [0, 0.1) is 23.7 Å². The van der Waals surface area contributed by atoms with Crippen molar-refractivity contribution in [2.75, 3.05) is 20.2 Å². The third-order valence-corrected chi connectivity index (χ3v) is 4.99. The van der Waals surface area contributed by atoms with Crippen LogP contribution in [0.15, 0.2) is 40.8 Å². The summed E-state index contributed by atoms with van der Waals surface area (Å²) < 4.78 is 15.4. The average molecular weight is 538 g/mol. The molecule has 39 heavy (non-hydrogen) atoms. The molecule has 0 aliphatic rings. The molecule has 10 heteroatoms. The number of furan rings is 1. The Balaban J connectivity index is 1.77. The van der Waals surface area contributed by atoms with E-state index in [1.165, 1.54) is 14.0 Å². The first-order valence-corrected chi connectivity index (χ1v) is 12.4. The normalized spacial score (nSPS) is 12.1. The van der Waals surface area contributed by atoms with Gasteiger partial charge in [-0.05, 0) is 94.8 Å².